The number of rotatable bonds is 8. The fourth-order valence-corrected chi connectivity index (χ4v) is 13.4. The number of carbonyl (C=O) groups is 1. The molecule has 0 spiro atoms. The van der Waals surface area contributed by atoms with Crippen molar-refractivity contribution in [3.63, 3.8) is 0 Å². The average molecular weight is 506 g/mol. The van der Waals surface area contributed by atoms with Gasteiger partial charge in [-0.2, -0.15) is 0 Å². The van der Waals surface area contributed by atoms with Gasteiger partial charge in [0.05, 0.1) is 18.1 Å². The van der Waals surface area contributed by atoms with Crippen LogP contribution in [0, 0.1) is 23.2 Å². The number of allylic oxidation sites excluding steroid dienone is 2. The van der Waals surface area contributed by atoms with Gasteiger partial charge in [0, 0.05) is 5.44 Å². The number of hydrogen-bond donors (Lipinski definition) is 0. The number of hydrogen-bond acceptors (Lipinski definition) is 5. The highest BCUT2D eigenvalue weighted by molar-refractivity contribution is 6.89. The van der Waals surface area contributed by atoms with Crippen LogP contribution >= 0.6 is 0 Å². The first kappa shape index (κ1) is 28.0. The number of nitrogens with zero attached hydrogens (tertiary/aromatic N) is 1. The molecule has 4 rings (SSSR count). The minimum atomic E-state index is -1.96. The lowest BCUT2D eigenvalue weighted by molar-refractivity contribution is -0.199. The van der Waals surface area contributed by atoms with Crippen molar-refractivity contribution >= 4 is 29.9 Å². The predicted octanol–water partition coefficient (Wildman–Crippen LogP) is 6.66. The van der Waals surface area contributed by atoms with E-state index in [4.69, 9.17) is 18.3 Å². The zero-order valence-electron chi connectivity index (χ0n) is 23.5. The standard InChI is InChI=1S/C26H48BNO4Si2/c1-18(15-23(29)30-24(2,3)4)13-12-14-22(34(10,11)28-33(8)9)27-31-21-17-19-16-20(25(19,5)6)26(21,7)32-27/h12-13,18-22H,14-17H2,1-11H3/b13-12-/t18?,19-,20-,21+,22+,26-/m0/s1. The number of esters is 1. The predicted molar refractivity (Wildman–Crippen MR) is 145 cm³/mol. The molecule has 1 unspecified atom stereocenters. The zero-order valence-corrected chi connectivity index (χ0v) is 25.5. The van der Waals surface area contributed by atoms with Gasteiger partial charge in [0.1, 0.15) is 14.2 Å². The second-order valence-corrected chi connectivity index (χ2v) is 20.4. The van der Waals surface area contributed by atoms with Gasteiger partial charge in [0.25, 0.3) is 0 Å². The van der Waals surface area contributed by atoms with Gasteiger partial charge in [-0.15, -0.1) is 0 Å². The molecular formula is C26H48BNO4Si2. The van der Waals surface area contributed by atoms with Gasteiger partial charge in [-0.1, -0.05) is 46.0 Å². The minimum Gasteiger partial charge on any atom is -0.460 e. The lowest BCUT2D eigenvalue weighted by atomic mass is 9.43. The Bertz CT molecular complexity index is 833. The fourth-order valence-electron chi connectivity index (χ4n) is 6.63. The number of ether oxygens (including phenoxy) is 1. The lowest BCUT2D eigenvalue weighted by Crippen LogP contribution is -2.65. The third-order valence-corrected chi connectivity index (χ3v) is 14.9. The Hall–Kier alpha value is -0.571. The molecule has 5 nitrogen and oxygen atoms in total. The van der Waals surface area contributed by atoms with Gasteiger partial charge in [0.15, 0.2) is 8.24 Å². The summed E-state index contributed by atoms with van der Waals surface area (Å²) in [4.78, 5) is 12.2. The molecule has 0 aromatic rings. The van der Waals surface area contributed by atoms with E-state index in [0.29, 0.717) is 17.8 Å². The van der Waals surface area contributed by atoms with E-state index in [1.807, 2.05) is 20.8 Å². The van der Waals surface area contributed by atoms with Crippen molar-refractivity contribution in [1.29, 1.82) is 0 Å². The maximum Gasteiger partial charge on any atom is 0.460 e. The van der Waals surface area contributed by atoms with Crippen LogP contribution in [0.15, 0.2) is 16.5 Å². The highest BCUT2D eigenvalue weighted by Crippen LogP contribution is 2.66. The van der Waals surface area contributed by atoms with Crippen molar-refractivity contribution < 1.29 is 18.8 Å². The van der Waals surface area contributed by atoms with E-state index in [1.54, 1.807) is 0 Å². The van der Waals surface area contributed by atoms with Crippen molar-refractivity contribution in [3.8, 4) is 0 Å². The molecule has 4 aliphatic rings. The molecule has 0 radical (unpaired) electrons. The maximum atomic E-state index is 12.2. The topological polar surface area (TPSA) is 57.1 Å². The van der Waals surface area contributed by atoms with Gasteiger partial charge >= 0.3 is 13.1 Å². The van der Waals surface area contributed by atoms with Crippen molar-refractivity contribution in [2.45, 2.75) is 123 Å². The van der Waals surface area contributed by atoms with Crippen LogP contribution in [0.2, 0.25) is 31.6 Å². The first-order chi connectivity index (χ1) is 15.5. The Morgan fingerprint density at radius 1 is 1.26 bits per heavy atom. The Balaban J connectivity index is 1.73. The Morgan fingerprint density at radius 2 is 1.91 bits per heavy atom. The third-order valence-electron chi connectivity index (χ3n) is 8.48. The van der Waals surface area contributed by atoms with Crippen LogP contribution in [0.5, 0.6) is 0 Å². The molecular weight excluding hydrogens is 457 g/mol. The van der Waals surface area contributed by atoms with E-state index in [-0.39, 0.29) is 36.2 Å². The summed E-state index contributed by atoms with van der Waals surface area (Å²) >= 11 is 0. The van der Waals surface area contributed by atoms with E-state index in [1.165, 1.54) is 6.42 Å². The molecule has 1 saturated heterocycles. The molecule has 192 valence electrons. The van der Waals surface area contributed by atoms with Crippen molar-refractivity contribution in [2.75, 3.05) is 0 Å². The summed E-state index contributed by atoms with van der Waals surface area (Å²) in [5.41, 5.74) is -0.0242. The third kappa shape index (κ3) is 5.87. The van der Waals surface area contributed by atoms with Crippen LogP contribution in [0.3, 0.4) is 0 Å². The first-order valence-electron chi connectivity index (χ1n) is 13.2. The summed E-state index contributed by atoms with van der Waals surface area (Å²) in [6.45, 7) is 24.2. The number of carbonyl (C=O) groups excluding carboxylic acids is 1. The molecule has 0 amide bonds. The van der Waals surface area contributed by atoms with Crippen molar-refractivity contribution in [3.05, 3.63) is 12.2 Å². The second-order valence-electron chi connectivity index (χ2n) is 13.6. The minimum absolute atomic E-state index is 0.132. The van der Waals surface area contributed by atoms with Crippen molar-refractivity contribution in [2.24, 2.45) is 27.5 Å². The molecule has 0 N–H and O–H groups in total. The molecule has 3 saturated carbocycles. The largest absolute Gasteiger partial charge is 0.460 e. The van der Waals surface area contributed by atoms with Crippen molar-refractivity contribution in [1.82, 2.24) is 0 Å². The van der Waals surface area contributed by atoms with E-state index in [9.17, 15) is 4.79 Å². The van der Waals surface area contributed by atoms with Gasteiger partial charge in [-0.3, -0.25) is 4.79 Å². The first-order valence-corrected chi connectivity index (χ1v) is 18.7. The Labute approximate surface area is 211 Å². The maximum absolute atomic E-state index is 12.2. The smallest absolute Gasteiger partial charge is 0.460 e. The van der Waals surface area contributed by atoms with Gasteiger partial charge in [-0.25, -0.2) is 0 Å². The van der Waals surface area contributed by atoms with Crippen LogP contribution in [0.1, 0.15) is 74.1 Å². The Morgan fingerprint density at radius 3 is 2.47 bits per heavy atom. The second kappa shape index (κ2) is 9.71. The van der Waals surface area contributed by atoms with E-state index < -0.39 is 22.4 Å². The molecule has 8 heteroatoms. The lowest BCUT2D eigenvalue weighted by Gasteiger charge is -2.64. The van der Waals surface area contributed by atoms with Gasteiger partial charge in [-0.05, 0) is 83.2 Å². The molecule has 0 aromatic heterocycles. The quantitative estimate of drug-likeness (QED) is 0.210. The van der Waals surface area contributed by atoms with Crippen LogP contribution in [-0.4, -0.2) is 47.2 Å². The van der Waals surface area contributed by atoms with Crippen LogP contribution < -0.4 is 0 Å². The normalized spacial score (nSPS) is 32.1. The van der Waals surface area contributed by atoms with Gasteiger partial charge < -0.3 is 18.3 Å². The highest BCUT2D eigenvalue weighted by Gasteiger charge is 2.69. The zero-order chi connectivity index (χ0) is 25.7. The average Bonchev–Trinajstić information content (AvgIpc) is 2.98. The van der Waals surface area contributed by atoms with Gasteiger partial charge in [0.2, 0.25) is 0 Å². The summed E-state index contributed by atoms with van der Waals surface area (Å²) in [6.07, 6.45) is 8.26. The monoisotopic (exact) mass is 505 g/mol. The molecule has 4 fully saturated rings. The van der Waals surface area contributed by atoms with Crippen LogP contribution in [-0.2, 0) is 18.8 Å². The van der Waals surface area contributed by atoms with E-state index >= 15 is 0 Å². The van der Waals surface area contributed by atoms with E-state index in [0.717, 1.165) is 18.8 Å². The highest BCUT2D eigenvalue weighted by atomic mass is 28.4. The molecule has 6 atom stereocenters. The van der Waals surface area contributed by atoms with E-state index in [2.05, 4.69) is 66.0 Å². The Kier molecular flexibility index (Phi) is 8.00. The molecule has 1 aliphatic heterocycles. The molecule has 0 aromatic carbocycles. The summed E-state index contributed by atoms with van der Waals surface area (Å²) in [5.74, 6) is 1.31. The SMILES string of the molecule is CC(/C=C\C[C@H](B1O[C@@H]2C[C@@H]3C[C@@H](C3(C)C)[C@]2(C)O1)[Si](C)(C)N=[Si](C)C)CC(=O)OC(C)(C)C. The molecule has 3 aliphatic carbocycles. The molecule has 34 heavy (non-hydrogen) atoms. The summed E-state index contributed by atoms with van der Waals surface area (Å²) in [7, 11) is -2.86. The summed E-state index contributed by atoms with van der Waals surface area (Å²) < 4.78 is 24.4. The summed E-state index contributed by atoms with van der Waals surface area (Å²) in [5, 5.41) is 0. The molecule has 1 heterocycles. The fraction of sp³-hybridized carbons (Fsp3) is 0.885. The molecule has 2 bridgehead atoms. The summed E-state index contributed by atoms with van der Waals surface area (Å²) in [6, 6.07) is 0. The van der Waals surface area contributed by atoms with Crippen LogP contribution in [0.25, 0.3) is 0 Å². The van der Waals surface area contributed by atoms with Crippen LogP contribution in [0.4, 0.5) is 0 Å².